The Labute approximate surface area is 162 Å². The SMILES string of the molecule is COc1cccc(CCC(=O)N2CCN(CC(=O)N3CCCCC3)CC2)c1. The van der Waals surface area contributed by atoms with E-state index in [0.29, 0.717) is 26.1 Å². The molecule has 0 atom stereocenters. The van der Waals surface area contributed by atoms with Crippen molar-refractivity contribution in [3.05, 3.63) is 29.8 Å². The van der Waals surface area contributed by atoms with Crippen molar-refractivity contribution >= 4 is 11.8 Å². The number of hydrogen-bond donors (Lipinski definition) is 0. The molecule has 1 aromatic carbocycles. The fourth-order valence-corrected chi connectivity index (χ4v) is 3.83. The largest absolute Gasteiger partial charge is 0.497 e. The van der Waals surface area contributed by atoms with Gasteiger partial charge < -0.3 is 14.5 Å². The Morgan fingerprint density at radius 1 is 0.926 bits per heavy atom. The second-order valence-corrected chi connectivity index (χ2v) is 7.45. The zero-order valence-electron chi connectivity index (χ0n) is 16.4. The molecule has 2 aliphatic heterocycles. The van der Waals surface area contributed by atoms with Gasteiger partial charge in [0.25, 0.3) is 0 Å². The van der Waals surface area contributed by atoms with E-state index in [1.165, 1.54) is 6.42 Å². The topological polar surface area (TPSA) is 53.1 Å². The lowest BCUT2D eigenvalue weighted by atomic mass is 10.1. The predicted octanol–water partition coefficient (Wildman–Crippen LogP) is 1.78. The van der Waals surface area contributed by atoms with Crippen LogP contribution in [0.3, 0.4) is 0 Å². The first-order chi connectivity index (χ1) is 13.2. The van der Waals surface area contributed by atoms with E-state index >= 15 is 0 Å². The third kappa shape index (κ3) is 5.70. The summed E-state index contributed by atoms with van der Waals surface area (Å²) in [6.07, 6.45) is 4.73. The fraction of sp³-hybridized carbons (Fsp3) is 0.619. The minimum atomic E-state index is 0.194. The van der Waals surface area contributed by atoms with Gasteiger partial charge in [0.15, 0.2) is 0 Å². The number of carbonyl (C=O) groups is 2. The summed E-state index contributed by atoms with van der Waals surface area (Å²) >= 11 is 0. The first kappa shape index (κ1) is 19.7. The van der Waals surface area contributed by atoms with Gasteiger partial charge >= 0.3 is 0 Å². The number of piperidine rings is 1. The molecule has 0 aliphatic carbocycles. The monoisotopic (exact) mass is 373 g/mol. The zero-order chi connectivity index (χ0) is 19.1. The van der Waals surface area contributed by atoms with Crippen molar-refractivity contribution in [2.45, 2.75) is 32.1 Å². The smallest absolute Gasteiger partial charge is 0.236 e. The van der Waals surface area contributed by atoms with Gasteiger partial charge in [0.2, 0.25) is 11.8 Å². The molecule has 2 amide bonds. The van der Waals surface area contributed by atoms with Gasteiger partial charge in [-0.1, -0.05) is 12.1 Å². The Morgan fingerprint density at radius 2 is 1.63 bits per heavy atom. The molecule has 2 aliphatic rings. The van der Waals surface area contributed by atoms with Gasteiger partial charge in [0.1, 0.15) is 5.75 Å². The van der Waals surface area contributed by atoms with Crippen molar-refractivity contribution in [1.82, 2.24) is 14.7 Å². The number of aryl methyl sites for hydroxylation is 1. The molecular formula is C21H31N3O3. The molecule has 2 heterocycles. The third-order valence-electron chi connectivity index (χ3n) is 5.55. The molecule has 148 valence electrons. The van der Waals surface area contributed by atoms with Crippen LogP contribution in [0.25, 0.3) is 0 Å². The molecule has 2 saturated heterocycles. The standard InChI is InChI=1S/C21H31N3O3/c1-27-19-7-5-6-18(16-19)8-9-20(25)24-14-12-22(13-15-24)17-21(26)23-10-3-2-4-11-23/h5-7,16H,2-4,8-15,17H2,1H3. The van der Waals surface area contributed by atoms with Gasteiger partial charge in [-0.15, -0.1) is 0 Å². The summed E-state index contributed by atoms with van der Waals surface area (Å²) in [6.45, 7) is 5.29. The third-order valence-corrected chi connectivity index (χ3v) is 5.55. The normalized spacial score (nSPS) is 18.4. The summed E-state index contributed by atoms with van der Waals surface area (Å²) in [7, 11) is 1.65. The molecule has 0 radical (unpaired) electrons. The molecule has 27 heavy (non-hydrogen) atoms. The summed E-state index contributed by atoms with van der Waals surface area (Å²) in [5.74, 6) is 1.26. The number of likely N-dealkylation sites (tertiary alicyclic amines) is 1. The Hall–Kier alpha value is -2.08. The van der Waals surface area contributed by atoms with Crippen LogP contribution in [0.5, 0.6) is 5.75 Å². The molecule has 0 bridgehead atoms. The Morgan fingerprint density at radius 3 is 2.33 bits per heavy atom. The van der Waals surface area contributed by atoms with Gasteiger partial charge in [-0.05, 0) is 43.4 Å². The van der Waals surface area contributed by atoms with E-state index in [1.54, 1.807) is 7.11 Å². The van der Waals surface area contributed by atoms with Crippen LogP contribution in [0.4, 0.5) is 0 Å². The number of amides is 2. The number of hydrogen-bond acceptors (Lipinski definition) is 4. The van der Waals surface area contributed by atoms with Crippen LogP contribution in [0.2, 0.25) is 0 Å². The van der Waals surface area contributed by atoms with Gasteiger partial charge in [0.05, 0.1) is 13.7 Å². The summed E-state index contributed by atoms with van der Waals surface area (Å²) in [4.78, 5) is 31.0. The van der Waals surface area contributed by atoms with Crippen LogP contribution in [-0.4, -0.2) is 79.4 Å². The second kappa shape index (κ2) is 9.74. The lowest BCUT2D eigenvalue weighted by molar-refractivity contribution is -0.135. The summed E-state index contributed by atoms with van der Waals surface area (Å²) in [6, 6.07) is 7.88. The molecule has 0 saturated carbocycles. The molecule has 0 N–H and O–H groups in total. The molecular weight excluding hydrogens is 342 g/mol. The highest BCUT2D eigenvalue weighted by Gasteiger charge is 2.24. The molecule has 0 aromatic heterocycles. The lowest BCUT2D eigenvalue weighted by Crippen LogP contribution is -2.52. The number of ether oxygens (including phenoxy) is 1. The number of carbonyl (C=O) groups excluding carboxylic acids is 2. The van der Waals surface area contributed by atoms with Crippen LogP contribution < -0.4 is 4.74 Å². The predicted molar refractivity (Wildman–Crippen MR) is 105 cm³/mol. The summed E-state index contributed by atoms with van der Waals surface area (Å²) in [5, 5.41) is 0. The van der Waals surface area contributed by atoms with Crippen molar-refractivity contribution in [3.63, 3.8) is 0 Å². The van der Waals surface area contributed by atoms with E-state index in [4.69, 9.17) is 4.74 Å². The molecule has 6 heteroatoms. The van der Waals surface area contributed by atoms with E-state index in [0.717, 1.165) is 56.8 Å². The second-order valence-electron chi connectivity index (χ2n) is 7.45. The molecule has 1 aromatic rings. The minimum absolute atomic E-state index is 0.194. The van der Waals surface area contributed by atoms with Gasteiger partial charge in [-0.2, -0.15) is 0 Å². The average molecular weight is 373 g/mol. The van der Waals surface area contributed by atoms with E-state index < -0.39 is 0 Å². The number of methoxy groups -OCH3 is 1. The lowest BCUT2D eigenvalue weighted by Gasteiger charge is -2.36. The van der Waals surface area contributed by atoms with Crippen LogP contribution >= 0.6 is 0 Å². The van der Waals surface area contributed by atoms with Crippen LogP contribution in [0.1, 0.15) is 31.2 Å². The highest BCUT2D eigenvalue weighted by atomic mass is 16.5. The van der Waals surface area contributed by atoms with Crippen molar-refractivity contribution in [3.8, 4) is 5.75 Å². The minimum Gasteiger partial charge on any atom is -0.497 e. The highest BCUT2D eigenvalue weighted by Crippen LogP contribution is 2.15. The number of benzene rings is 1. The van der Waals surface area contributed by atoms with Gasteiger partial charge in [-0.3, -0.25) is 14.5 Å². The zero-order valence-corrected chi connectivity index (χ0v) is 16.4. The summed E-state index contributed by atoms with van der Waals surface area (Å²) in [5.41, 5.74) is 1.12. The first-order valence-electron chi connectivity index (χ1n) is 10.1. The van der Waals surface area contributed by atoms with Crippen molar-refractivity contribution in [2.24, 2.45) is 0 Å². The Balaban J connectivity index is 1.39. The number of rotatable bonds is 6. The Kier molecular flexibility index (Phi) is 7.10. The molecule has 2 fully saturated rings. The van der Waals surface area contributed by atoms with E-state index in [9.17, 15) is 9.59 Å². The van der Waals surface area contributed by atoms with Crippen LogP contribution in [0.15, 0.2) is 24.3 Å². The summed E-state index contributed by atoms with van der Waals surface area (Å²) < 4.78 is 5.23. The maximum absolute atomic E-state index is 12.5. The first-order valence-corrected chi connectivity index (χ1v) is 10.1. The van der Waals surface area contributed by atoms with Gasteiger partial charge in [0, 0.05) is 45.7 Å². The van der Waals surface area contributed by atoms with Gasteiger partial charge in [-0.25, -0.2) is 0 Å². The van der Waals surface area contributed by atoms with E-state index in [-0.39, 0.29) is 11.8 Å². The quantitative estimate of drug-likeness (QED) is 0.763. The molecule has 3 rings (SSSR count). The maximum atomic E-state index is 12.5. The van der Waals surface area contributed by atoms with Crippen molar-refractivity contribution in [2.75, 3.05) is 52.9 Å². The molecule has 6 nitrogen and oxygen atoms in total. The van der Waals surface area contributed by atoms with E-state index in [1.807, 2.05) is 34.1 Å². The number of nitrogens with zero attached hydrogens (tertiary/aromatic N) is 3. The van der Waals surface area contributed by atoms with Crippen molar-refractivity contribution < 1.29 is 14.3 Å². The fourth-order valence-electron chi connectivity index (χ4n) is 3.83. The maximum Gasteiger partial charge on any atom is 0.236 e. The van der Waals surface area contributed by atoms with Crippen LogP contribution in [-0.2, 0) is 16.0 Å². The number of piperazine rings is 1. The average Bonchev–Trinajstić information content (AvgIpc) is 2.73. The van der Waals surface area contributed by atoms with Crippen LogP contribution in [0, 0.1) is 0 Å². The van der Waals surface area contributed by atoms with E-state index in [2.05, 4.69) is 4.90 Å². The highest BCUT2D eigenvalue weighted by molar-refractivity contribution is 5.78. The van der Waals surface area contributed by atoms with Crippen molar-refractivity contribution in [1.29, 1.82) is 0 Å². The molecule has 0 unspecified atom stereocenters. The molecule has 0 spiro atoms. The Bertz CT molecular complexity index is 635.